The molecule has 6 nitrogen and oxygen atoms in total. The van der Waals surface area contributed by atoms with E-state index >= 15 is 0 Å². The molecule has 1 amide bonds. The summed E-state index contributed by atoms with van der Waals surface area (Å²) in [6.45, 7) is 1.28. The number of carbonyl (C=O) groups is 2. The Morgan fingerprint density at radius 3 is 2.11 bits per heavy atom. The average molecular weight is 401 g/mol. The Hall–Kier alpha value is -2.67. The van der Waals surface area contributed by atoms with Crippen LogP contribution in [-0.2, 0) is 24.2 Å². The number of amides is 1. The lowest BCUT2D eigenvalue weighted by Crippen LogP contribution is -2.35. The van der Waals surface area contributed by atoms with Crippen LogP contribution < -0.4 is 0 Å². The Balaban J connectivity index is 1.68. The van der Waals surface area contributed by atoms with Gasteiger partial charge in [0.2, 0.25) is 6.10 Å². The van der Waals surface area contributed by atoms with Crippen molar-refractivity contribution in [2.45, 2.75) is 30.3 Å². The van der Waals surface area contributed by atoms with Gasteiger partial charge >= 0.3 is 5.97 Å². The minimum Gasteiger partial charge on any atom is -0.447 e. The Morgan fingerprint density at radius 2 is 1.50 bits per heavy atom. The van der Waals surface area contributed by atoms with Crippen LogP contribution >= 0.6 is 0 Å². The summed E-state index contributed by atoms with van der Waals surface area (Å²) in [7, 11) is -3.59. The SMILES string of the molecule is O=C(CCS(=O)(=O)c1ccccc1)O[C@H](C(=O)N1CCCC1)c1ccccc1. The zero-order valence-electron chi connectivity index (χ0n) is 15.5. The van der Waals surface area contributed by atoms with Gasteiger partial charge in [-0.05, 0) is 25.0 Å². The Kier molecular flexibility index (Phi) is 6.46. The molecule has 1 heterocycles. The molecule has 148 valence electrons. The normalized spacial score (nSPS) is 15.2. The van der Waals surface area contributed by atoms with Gasteiger partial charge in [0.15, 0.2) is 9.84 Å². The lowest BCUT2D eigenvalue weighted by Gasteiger charge is -2.23. The Morgan fingerprint density at radius 1 is 0.929 bits per heavy atom. The van der Waals surface area contributed by atoms with E-state index in [4.69, 9.17) is 4.74 Å². The first-order valence-corrected chi connectivity index (χ1v) is 10.9. The predicted molar refractivity (Wildman–Crippen MR) is 104 cm³/mol. The zero-order chi connectivity index (χ0) is 20.0. The number of rotatable bonds is 7. The van der Waals surface area contributed by atoms with E-state index in [0.29, 0.717) is 18.7 Å². The second-order valence-electron chi connectivity index (χ2n) is 6.69. The third-order valence-electron chi connectivity index (χ3n) is 4.67. The number of sulfone groups is 1. The fourth-order valence-corrected chi connectivity index (χ4v) is 4.39. The van der Waals surface area contributed by atoms with Crippen LogP contribution in [0.1, 0.15) is 30.9 Å². The zero-order valence-corrected chi connectivity index (χ0v) is 16.3. The van der Waals surface area contributed by atoms with Crippen molar-refractivity contribution in [1.82, 2.24) is 4.90 Å². The molecule has 1 atom stereocenters. The van der Waals surface area contributed by atoms with Crippen molar-refractivity contribution in [3.05, 3.63) is 66.2 Å². The molecule has 0 radical (unpaired) electrons. The molecular formula is C21H23NO5S. The van der Waals surface area contributed by atoms with E-state index in [1.54, 1.807) is 47.4 Å². The molecule has 1 saturated heterocycles. The van der Waals surface area contributed by atoms with E-state index in [1.807, 2.05) is 6.07 Å². The summed E-state index contributed by atoms with van der Waals surface area (Å²) in [5, 5.41) is 0. The molecule has 1 aliphatic heterocycles. The van der Waals surface area contributed by atoms with Crippen LogP contribution in [0.25, 0.3) is 0 Å². The van der Waals surface area contributed by atoms with Crippen LogP contribution in [0.15, 0.2) is 65.6 Å². The minimum absolute atomic E-state index is 0.163. The van der Waals surface area contributed by atoms with Crippen molar-refractivity contribution in [1.29, 1.82) is 0 Å². The summed E-state index contributed by atoms with van der Waals surface area (Å²) in [6, 6.07) is 16.8. The summed E-state index contributed by atoms with van der Waals surface area (Å²) >= 11 is 0. The molecule has 0 aromatic heterocycles. The van der Waals surface area contributed by atoms with E-state index in [0.717, 1.165) is 12.8 Å². The number of hydrogen-bond donors (Lipinski definition) is 0. The van der Waals surface area contributed by atoms with Crippen LogP contribution in [-0.4, -0.2) is 44.0 Å². The largest absolute Gasteiger partial charge is 0.447 e. The molecule has 7 heteroatoms. The number of ether oxygens (including phenoxy) is 1. The molecule has 0 aliphatic carbocycles. The van der Waals surface area contributed by atoms with Crippen LogP contribution in [0.2, 0.25) is 0 Å². The van der Waals surface area contributed by atoms with Crippen molar-refractivity contribution >= 4 is 21.7 Å². The van der Waals surface area contributed by atoms with E-state index in [2.05, 4.69) is 0 Å². The number of esters is 1. The van der Waals surface area contributed by atoms with E-state index < -0.39 is 21.9 Å². The molecule has 0 N–H and O–H groups in total. The highest BCUT2D eigenvalue weighted by Crippen LogP contribution is 2.23. The Bertz CT molecular complexity index is 906. The summed E-state index contributed by atoms with van der Waals surface area (Å²) < 4.78 is 30.2. The first kappa shape index (κ1) is 20.1. The molecule has 1 aliphatic rings. The second-order valence-corrected chi connectivity index (χ2v) is 8.80. The fraction of sp³-hybridized carbons (Fsp3) is 0.333. The van der Waals surface area contributed by atoms with Crippen LogP contribution in [0.5, 0.6) is 0 Å². The van der Waals surface area contributed by atoms with Crippen molar-refractivity contribution < 1.29 is 22.7 Å². The highest BCUT2D eigenvalue weighted by atomic mass is 32.2. The average Bonchev–Trinajstić information content (AvgIpc) is 3.26. The summed E-state index contributed by atoms with van der Waals surface area (Å²) in [6.07, 6.45) is 0.493. The van der Waals surface area contributed by atoms with Gasteiger partial charge < -0.3 is 9.64 Å². The highest BCUT2D eigenvalue weighted by molar-refractivity contribution is 7.91. The number of hydrogen-bond acceptors (Lipinski definition) is 5. The molecule has 0 bridgehead atoms. The van der Waals surface area contributed by atoms with Crippen LogP contribution in [0.4, 0.5) is 0 Å². The van der Waals surface area contributed by atoms with Crippen molar-refractivity contribution in [2.75, 3.05) is 18.8 Å². The van der Waals surface area contributed by atoms with Gasteiger partial charge in [-0.2, -0.15) is 0 Å². The molecule has 2 aromatic rings. The van der Waals surface area contributed by atoms with Crippen molar-refractivity contribution in [3.63, 3.8) is 0 Å². The van der Waals surface area contributed by atoms with Crippen LogP contribution in [0, 0.1) is 0 Å². The smallest absolute Gasteiger partial charge is 0.307 e. The van der Waals surface area contributed by atoms with Gasteiger partial charge in [0.25, 0.3) is 5.91 Å². The standard InChI is InChI=1S/C21H23NO5S/c23-19(13-16-28(25,26)18-11-5-2-6-12-18)27-20(17-9-3-1-4-10-17)21(24)22-14-7-8-15-22/h1-6,9-12,20H,7-8,13-16H2/t20-/m0/s1. The topological polar surface area (TPSA) is 80.7 Å². The summed E-state index contributed by atoms with van der Waals surface area (Å²) in [4.78, 5) is 27.0. The molecule has 2 aromatic carbocycles. The maximum absolute atomic E-state index is 12.8. The van der Waals surface area contributed by atoms with Gasteiger partial charge in [0.1, 0.15) is 0 Å². The van der Waals surface area contributed by atoms with Gasteiger partial charge in [-0.1, -0.05) is 48.5 Å². The van der Waals surface area contributed by atoms with Crippen LogP contribution in [0.3, 0.4) is 0 Å². The van der Waals surface area contributed by atoms with E-state index in [9.17, 15) is 18.0 Å². The number of carbonyl (C=O) groups excluding carboxylic acids is 2. The predicted octanol–water partition coefficient (Wildman–Crippen LogP) is 2.76. The van der Waals surface area contributed by atoms with Crippen molar-refractivity contribution in [2.24, 2.45) is 0 Å². The molecule has 0 unspecified atom stereocenters. The second kappa shape index (κ2) is 9.01. The summed E-state index contributed by atoms with van der Waals surface area (Å²) in [5.41, 5.74) is 0.582. The molecule has 28 heavy (non-hydrogen) atoms. The van der Waals surface area contributed by atoms with Gasteiger partial charge in [-0.15, -0.1) is 0 Å². The first-order valence-electron chi connectivity index (χ1n) is 9.28. The fourth-order valence-electron chi connectivity index (χ4n) is 3.15. The third kappa shape index (κ3) is 4.98. The van der Waals surface area contributed by atoms with Gasteiger partial charge in [-0.25, -0.2) is 8.42 Å². The molecule has 3 rings (SSSR count). The molecular weight excluding hydrogens is 378 g/mol. The third-order valence-corrected chi connectivity index (χ3v) is 6.40. The first-order chi connectivity index (χ1) is 13.5. The lowest BCUT2D eigenvalue weighted by molar-refractivity contribution is -0.160. The van der Waals surface area contributed by atoms with E-state index in [-0.39, 0.29) is 23.0 Å². The maximum Gasteiger partial charge on any atom is 0.307 e. The highest BCUT2D eigenvalue weighted by Gasteiger charge is 2.31. The molecule has 0 spiro atoms. The number of nitrogens with zero attached hydrogens (tertiary/aromatic N) is 1. The number of likely N-dealkylation sites (tertiary alicyclic amines) is 1. The summed E-state index contributed by atoms with van der Waals surface area (Å²) in [5.74, 6) is -1.33. The van der Waals surface area contributed by atoms with E-state index in [1.165, 1.54) is 12.1 Å². The maximum atomic E-state index is 12.8. The Labute approximate surface area is 165 Å². The molecule has 1 fully saturated rings. The lowest BCUT2D eigenvalue weighted by atomic mass is 10.1. The quantitative estimate of drug-likeness (QED) is 0.667. The van der Waals surface area contributed by atoms with Gasteiger partial charge in [0.05, 0.1) is 17.1 Å². The number of benzene rings is 2. The monoisotopic (exact) mass is 401 g/mol. The molecule has 0 saturated carbocycles. The minimum atomic E-state index is -3.59. The van der Waals surface area contributed by atoms with Gasteiger partial charge in [-0.3, -0.25) is 9.59 Å². The van der Waals surface area contributed by atoms with Crippen molar-refractivity contribution in [3.8, 4) is 0 Å². The van der Waals surface area contributed by atoms with Gasteiger partial charge in [0, 0.05) is 18.7 Å².